The topological polar surface area (TPSA) is 20.3 Å². The highest BCUT2D eigenvalue weighted by molar-refractivity contribution is 7.98. The van der Waals surface area contributed by atoms with Crippen molar-refractivity contribution < 1.29 is 4.79 Å². The summed E-state index contributed by atoms with van der Waals surface area (Å²) >= 11 is 1.87. The summed E-state index contributed by atoms with van der Waals surface area (Å²) in [5.74, 6) is 1.55. The number of Topliss-reactive ketones (excluding diaryl/α,β-unsaturated/α-hetero) is 1. The van der Waals surface area contributed by atoms with Gasteiger partial charge in [-0.3, -0.25) is 4.79 Å². The molecule has 0 aromatic carbocycles. The molecule has 1 atom stereocenters. The van der Waals surface area contributed by atoms with Crippen molar-refractivity contribution in [2.45, 2.75) is 39.2 Å². The van der Waals surface area contributed by atoms with Gasteiger partial charge in [0.15, 0.2) is 0 Å². The Morgan fingerprint density at radius 1 is 1.50 bits per heavy atom. The number of thioether (sulfide) groups is 1. The van der Waals surface area contributed by atoms with Gasteiger partial charge in [-0.2, -0.15) is 11.8 Å². The molecule has 0 aliphatic heterocycles. The molecule has 0 rings (SSSR count). The highest BCUT2D eigenvalue weighted by Crippen LogP contribution is 2.05. The van der Waals surface area contributed by atoms with E-state index in [-0.39, 0.29) is 0 Å². The maximum Gasteiger partial charge on any atom is 0.132 e. The molecule has 0 heterocycles. The van der Waals surface area contributed by atoms with E-state index in [9.17, 15) is 4.79 Å². The Labute approximate surface area is 92.4 Å². The predicted octanol–water partition coefficient (Wildman–Crippen LogP) is 2.43. The summed E-state index contributed by atoms with van der Waals surface area (Å²) in [6, 6.07) is 0.613. The van der Waals surface area contributed by atoms with Crippen LogP contribution in [-0.4, -0.2) is 42.3 Å². The lowest BCUT2D eigenvalue weighted by Crippen LogP contribution is -2.32. The van der Waals surface area contributed by atoms with E-state index < -0.39 is 0 Å². The zero-order valence-electron chi connectivity index (χ0n) is 9.88. The van der Waals surface area contributed by atoms with Gasteiger partial charge in [0.1, 0.15) is 5.78 Å². The number of carbonyl (C=O) groups is 1. The van der Waals surface area contributed by atoms with Crippen molar-refractivity contribution >= 4 is 17.5 Å². The minimum Gasteiger partial charge on any atom is -0.303 e. The van der Waals surface area contributed by atoms with Crippen LogP contribution < -0.4 is 0 Å². The fourth-order valence-corrected chi connectivity index (χ4v) is 2.03. The average molecular weight is 217 g/mol. The Bertz CT molecular complexity index is 161. The van der Waals surface area contributed by atoms with E-state index >= 15 is 0 Å². The lowest BCUT2D eigenvalue weighted by Gasteiger charge is -2.23. The molecular weight excluding hydrogens is 194 g/mol. The molecule has 0 aliphatic rings. The first-order valence-electron chi connectivity index (χ1n) is 5.32. The first kappa shape index (κ1) is 14.0. The fraction of sp³-hybridized carbons (Fsp3) is 0.909. The molecule has 0 aliphatic carbocycles. The largest absolute Gasteiger partial charge is 0.303 e. The number of ketones is 1. The van der Waals surface area contributed by atoms with Gasteiger partial charge >= 0.3 is 0 Å². The molecular formula is C11H23NOS. The monoisotopic (exact) mass is 217 g/mol. The number of hydrogen-bond donors (Lipinski definition) is 0. The van der Waals surface area contributed by atoms with E-state index in [0.717, 1.165) is 25.1 Å². The Morgan fingerprint density at radius 3 is 2.64 bits per heavy atom. The summed E-state index contributed by atoms with van der Waals surface area (Å²) in [5, 5.41) is 0. The summed E-state index contributed by atoms with van der Waals surface area (Å²) in [4.78, 5) is 13.4. The number of rotatable bonds is 8. The molecule has 84 valence electrons. The van der Waals surface area contributed by atoms with Crippen LogP contribution in [0, 0.1) is 0 Å². The van der Waals surface area contributed by atoms with E-state index in [0.29, 0.717) is 18.2 Å². The molecule has 0 spiro atoms. The zero-order valence-corrected chi connectivity index (χ0v) is 10.7. The molecule has 1 unspecified atom stereocenters. The second-order valence-electron chi connectivity index (χ2n) is 3.78. The fourth-order valence-electron chi connectivity index (χ4n) is 1.29. The Hall–Kier alpha value is -0.0200. The molecule has 0 amide bonds. The third kappa shape index (κ3) is 6.44. The lowest BCUT2D eigenvalue weighted by molar-refractivity contribution is -0.118. The number of nitrogens with zero attached hydrogens (tertiary/aromatic N) is 1. The lowest BCUT2D eigenvalue weighted by atomic mass is 10.1. The normalized spacial score (nSPS) is 13.2. The third-order valence-corrected chi connectivity index (χ3v) is 3.34. The molecule has 0 fully saturated rings. The van der Waals surface area contributed by atoms with Gasteiger partial charge in [0.2, 0.25) is 0 Å². The van der Waals surface area contributed by atoms with Crippen molar-refractivity contribution in [2.24, 2.45) is 0 Å². The maximum absolute atomic E-state index is 11.1. The predicted molar refractivity (Wildman–Crippen MR) is 65.0 cm³/mol. The van der Waals surface area contributed by atoms with Crippen molar-refractivity contribution in [3.05, 3.63) is 0 Å². The smallest absolute Gasteiger partial charge is 0.132 e. The molecule has 0 aromatic rings. The number of carbonyl (C=O) groups excluding carboxylic acids is 1. The van der Waals surface area contributed by atoms with Crippen molar-refractivity contribution in [3.8, 4) is 0 Å². The van der Waals surface area contributed by atoms with Crippen molar-refractivity contribution in [2.75, 3.05) is 25.6 Å². The molecule has 0 bridgehead atoms. The summed E-state index contributed by atoms with van der Waals surface area (Å²) in [6.45, 7) is 5.20. The standard InChI is InChI=1S/C11H23NOS/c1-5-11(13)7-6-8-12(3)10(2)9-14-4/h10H,5-9H2,1-4H3. The van der Waals surface area contributed by atoms with E-state index in [1.807, 2.05) is 18.7 Å². The van der Waals surface area contributed by atoms with Crippen LogP contribution in [0.1, 0.15) is 33.1 Å². The van der Waals surface area contributed by atoms with Gasteiger partial charge in [0.25, 0.3) is 0 Å². The summed E-state index contributed by atoms with van der Waals surface area (Å²) in [5.41, 5.74) is 0. The number of hydrogen-bond acceptors (Lipinski definition) is 3. The Morgan fingerprint density at radius 2 is 2.14 bits per heavy atom. The van der Waals surface area contributed by atoms with Crippen LogP contribution in [0.4, 0.5) is 0 Å². The SMILES string of the molecule is CCC(=O)CCCN(C)C(C)CSC. The van der Waals surface area contributed by atoms with E-state index in [4.69, 9.17) is 0 Å². The van der Waals surface area contributed by atoms with Crippen molar-refractivity contribution in [3.63, 3.8) is 0 Å². The Balaban J connectivity index is 3.52. The average Bonchev–Trinajstić information content (AvgIpc) is 2.17. The van der Waals surface area contributed by atoms with Crippen molar-refractivity contribution in [1.29, 1.82) is 0 Å². The highest BCUT2D eigenvalue weighted by Gasteiger charge is 2.08. The minimum atomic E-state index is 0.385. The highest BCUT2D eigenvalue weighted by atomic mass is 32.2. The van der Waals surface area contributed by atoms with Crippen LogP contribution in [0.25, 0.3) is 0 Å². The molecule has 0 saturated carbocycles. The second-order valence-corrected chi connectivity index (χ2v) is 4.69. The van der Waals surface area contributed by atoms with Gasteiger partial charge < -0.3 is 4.90 Å². The first-order valence-corrected chi connectivity index (χ1v) is 6.72. The summed E-state index contributed by atoms with van der Waals surface area (Å²) in [7, 11) is 2.14. The molecule has 0 N–H and O–H groups in total. The summed E-state index contributed by atoms with van der Waals surface area (Å²) in [6.07, 6.45) is 4.56. The molecule has 0 saturated heterocycles. The Kier molecular flexibility index (Phi) is 8.29. The minimum absolute atomic E-state index is 0.385. The van der Waals surface area contributed by atoms with Crippen LogP contribution >= 0.6 is 11.8 Å². The molecule has 0 aromatic heterocycles. The van der Waals surface area contributed by atoms with Crippen LogP contribution in [-0.2, 0) is 4.79 Å². The van der Waals surface area contributed by atoms with Gasteiger partial charge in [-0.25, -0.2) is 0 Å². The molecule has 2 nitrogen and oxygen atoms in total. The van der Waals surface area contributed by atoms with E-state index in [1.165, 1.54) is 0 Å². The second kappa shape index (κ2) is 8.30. The van der Waals surface area contributed by atoms with Gasteiger partial charge in [-0.15, -0.1) is 0 Å². The maximum atomic E-state index is 11.1. The third-order valence-electron chi connectivity index (χ3n) is 2.52. The van der Waals surface area contributed by atoms with Crippen LogP contribution in [0.15, 0.2) is 0 Å². The molecule has 3 heteroatoms. The zero-order chi connectivity index (χ0) is 11.0. The molecule has 0 radical (unpaired) electrons. The van der Waals surface area contributed by atoms with Gasteiger partial charge in [-0.1, -0.05) is 6.92 Å². The van der Waals surface area contributed by atoms with Gasteiger partial charge in [-0.05, 0) is 33.2 Å². The van der Waals surface area contributed by atoms with Gasteiger partial charge in [0.05, 0.1) is 0 Å². The van der Waals surface area contributed by atoms with E-state index in [1.54, 1.807) is 0 Å². The van der Waals surface area contributed by atoms with Crippen molar-refractivity contribution in [1.82, 2.24) is 4.90 Å². The van der Waals surface area contributed by atoms with E-state index in [2.05, 4.69) is 25.1 Å². The van der Waals surface area contributed by atoms with Crippen LogP contribution in [0.5, 0.6) is 0 Å². The molecule has 14 heavy (non-hydrogen) atoms. The van der Waals surface area contributed by atoms with Crippen LogP contribution in [0.3, 0.4) is 0 Å². The summed E-state index contributed by atoms with van der Waals surface area (Å²) < 4.78 is 0. The van der Waals surface area contributed by atoms with Gasteiger partial charge in [0, 0.05) is 24.6 Å². The first-order chi connectivity index (χ1) is 6.61. The van der Waals surface area contributed by atoms with Crippen LogP contribution in [0.2, 0.25) is 0 Å². The quantitative estimate of drug-likeness (QED) is 0.623.